The number of halogens is 5. The third kappa shape index (κ3) is 4.56. The number of anilines is 2. The highest BCUT2D eigenvalue weighted by molar-refractivity contribution is 6.35. The van der Waals surface area contributed by atoms with E-state index in [-0.39, 0.29) is 5.02 Å². The van der Waals surface area contributed by atoms with Gasteiger partial charge in [-0.05, 0) is 42.5 Å². The van der Waals surface area contributed by atoms with Crippen LogP contribution in [-0.2, 0) is 7.05 Å². The average molecular weight is 446 g/mol. The largest absolute Gasteiger partial charge is 0.573 e. The van der Waals surface area contributed by atoms with Gasteiger partial charge in [0.1, 0.15) is 11.3 Å². The van der Waals surface area contributed by atoms with Gasteiger partial charge < -0.3 is 14.6 Å². The van der Waals surface area contributed by atoms with Crippen LogP contribution < -0.4 is 10.1 Å². The molecule has 0 spiro atoms. The van der Waals surface area contributed by atoms with Crippen LogP contribution in [0, 0.1) is 0 Å². The van der Waals surface area contributed by atoms with Crippen LogP contribution in [0.5, 0.6) is 5.75 Å². The number of imidazole rings is 1. The Labute approximate surface area is 176 Å². The lowest BCUT2D eigenvalue weighted by Crippen LogP contribution is -2.17. The minimum atomic E-state index is -4.78. The molecule has 1 aromatic heterocycles. The predicted octanol–water partition coefficient (Wildman–Crippen LogP) is 7.43. The van der Waals surface area contributed by atoms with Crippen LogP contribution in [0.2, 0.25) is 10.0 Å². The fourth-order valence-electron chi connectivity index (χ4n) is 3.40. The molecule has 0 amide bonds. The zero-order valence-corrected chi connectivity index (χ0v) is 17.6. The third-order valence-corrected chi connectivity index (χ3v) is 5.47. The molecular formula is C20H20Cl2F3N3O. The molecule has 0 unspecified atom stereocenters. The van der Waals surface area contributed by atoms with E-state index in [0.717, 1.165) is 30.0 Å². The first-order valence-electron chi connectivity index (χ1n) is 9.11. The first kappa shape index (κ1) is 21.6. The number of aromatic nitrogens is 2. The first-order chi connectivity index (χ1) is 13.6. The van der Waals surface area contributed by atoms with E-state index in [4.69, 9.17) is 23.2 Å². The highest BCUT2D eigenvalue weighted by atomic mass is 35.5. The van der Waals surface area contributed by atoms with Gasteiger partial charge in [0.15, 0.2) is 0 Å². The van der Waals surface area contributed by atoms with E-state index in [1.165, 1.54) is 12.1 Å². The van der Waals surface area contributed by atoms with Gasteiger partial charge >= 0.3 is 6.36 Å². The minimum Gasteiger partial charge on any atom is -0.406 e. The van der Waals surface area contributed by atoms with Crippen molar-refractivity contribution in [3.63, 3.8) is 0 Å². The maximum atomic E-state index is 12.4. The Morgan fingerprint density at radius 3 is 2.38 bits per heavy atom. The van der Waals surface area contributed by atoms with Crippen molar-refractivity contribution in [2.24, 2.45) is 7.05 Å². The van der Waals surface area contributed by atoms with E-state index >= 15 is 0 Å². The van der Waals surface area contributed by atoms with E-state index < -0.39 is 12.1 Å². The summed E-state index contributed by atoms with van der Waals surface area (Å²) in [7, 11) is 1.86. The molecule has 0 aliphatic rings. The fraction of sp³-hybridized carbons (Fsp3) is 0.350. The number of nitrogens with one attached hydrogen (secondary N) is 1. The summed E-state index contributed by atoms with van der Waals surface area (Å²) in [6.45, 7) is 4.27. The summed E-state index contributed by atoms with van der Waals surface area (Å²) >= 11 is 12.5. The molecule has 0 saturated heterocycles. The van der Waals surface area contributed by atoms with Gasteiger partial charge in [0.2, 0.25) is 5.95 Å². The van der Waals surface area contributed by atoms with Crippen molar-refractivity contribution in [2.75, 3.05) is 5.32 Å². The van der Waals surface area contributed by atoms with Crippen molar-refractivity contribution in [1.82, 2.24) is 9.55 Å². The second-order valence-corrected chi connectivity index (χ2v) is 7.47. The smallest absolute Gasteiger partial charge is 0.406 e. The molecule has 3 rings (SSSR count). The molecule has 0 bridgehead atoms. The van der Waals surface area contributed by atoms with Crippen LogP contribution in [0.4, 0.5) is 24.8 Å². The molecule has 1 N–H and O–H groups in total. The second-order valence-electron chi connectivity index (χ2n) is 6.66. The number of rotatable bonds is 6. The zero-order valence-electron chi connectivity index (χ0n) is 16.1. The molecular weight excluding hydrogens is 426 g/mol. The molecule has 0 saturated carbocycles. The standard InChI is InChI=1S/C20H20Cl2F3N3O/c1-4-11(5-2)13-7-8-14(21)17-18(13)28(3)19(27-17)26-16-9-6-12(10-15(16)22)29-20(23,24)25/h6-11H,4-5H2,1-3H3,(H,26,27). The quantitative estimate of drug-likeness (QED) is 0.428. The summed E-state index contributed by atoms with van der Waals surface area (Å²) in [5, 5.41) is 3.67. The molecule has 4 nitrogen and oxygen atoms in total. The number of aryl methyl sites for hydroxylation is 1. The highest BCUT2D eigenvalue weighted by Gasteiger charge is 2.31. The van der Waals surface area contributed by atoms with Gasteiger partial charge in [-0.25, -0.2) is 4.98 Å². The van der Waals surface area contributed by atoms with E-state index in [1.807, 2.05) is 23.7 Å². The predicted molar refractivity (Wildman–Crippen MR) is 110 cm³/mol. The topological polar surface area (TPSA) is 39.1 Å². The Bertz CT molecular complexity index is 1030. The van der Waals surface area contributed by atoms with Crippen molar-refractivity contribution < 1.29 is 17.9 Å². The van der Waals surface area contributed by atoms with E-state index in [9.17, 15) is 13.2 Å². The Balaban J connectivity index is 2.00. The molecule has 1 heterocycles. The number of fused-ring (bicyclic) bond motifs is 1. The van der Waals surface area contributed by atoms with Gasteiger partial charge in [0, 0.05) is 13.1 Å². The first-order valence-corrected chi connectivity index (χ1v) is 9.87. The molecule has 0 aliphatic heterocycles. The third-order valence-electron chi connectivity index (χ3n) is 4.85. The molecule has 0 atom stereocenters. The second kappa shape index (κ2) is 8.32. The Morgan fingerprint density at radius 1 is 1.10 bits per heavy atom. The van der Waals surface area contributed by atoms with Gasteiger partial charge in [-0.3, -0.25) is 0 Å². The molecule has 0 aliphatic carbocycles. The van der Waals surface area contributed by atoms with Crippen molar-refractivity contribution in [1.29, 1.82) is 0 Å². The molecule has 3 aromatic rings. The average Bonchev–Trinajstić information content (AvgIpc) is 2.96. The summed E-state index contributed by atoms with van der Waals surface area (Å²) < 4.78 is 42.9. The van der Waals surface area contributed by atoms with Crippen LogP contribution in [0.15, 0.2) is 30.3 Å². The Morgan fingerprint density at radius 2 is 1.79 bits per heavy atom. The van der Waals surface area contributed by atoms with Gasteiger partial charge in [-0.2, -0.15) is 0 Å². The number of nitrogens with zero attached hydrogens (tertiary/aromatic N) is 2. The summed E-state index contributed by atoms with van der Waals surface area (Å²) in [5.41, 5.74) is 3.13. The van der Waals surface area contributed by atoms with Crippen molar-refractivity contribution in [2.45, 2.75) is 39.0 Å². The maximum Gasteiger partial charge on any atom is 0.573 e. The number of ether oxygens (including phenoxy) is 1. The van der Waals surface area contributed by atoms with E-state index in [1.54, 1.807) is 0 Å². The SMILES string of the molecule is CCC(CC)c1ccc(Cl)c2nc(Nc3ccc(OC(F)(F)F)cc3Cl)n(C)c12. The summed E-state index contributed by atoms with van der Waals surface area (Å²) in [6, 6.07) is 7.55. The van der Waals surface area contributed by atoms with E-state index in [2.05, 4.69) is 28.9 Å². The molecule has 9 heteroatoms. The lowest BCUT2D eigenvalue weighted by Gasteiger charge is -2.16. The van der Waals surface area contributed by atoms with Crippen molar-refractivity contribution >= 4 is 45.9 Å². The molecule has 29 heavy (non-hydrogen) atoms. The Hall–Kier alpha value is -2.12. The van der Waals surface area contributed by atoms with Gasteiger partial charge in [0.25, 0.3) is 0 Å². The number of alkyl halides is 3. The number of hydrogen-bond donors (Lipinski definition) is 1. The van der Waals surface area contributed by atoms with Crippen molar-refractivity contribution in [3.8, 4) is 5.75 Å². The maximum absolute atomic E-state index is 12.4. The van der Waals surface area contributed by atoms with Crippen LogP contribution >= 0.6 is 23.2 Å². The summed E-state index contributed by atoms with van der Waals surface area (Å²) in [5.74, 6) is 0.448. The van der Waals surface area contributed by atoms with Crippen LogP contribution in [0.3, 0.4) is 0 Å². The van der Waals surface area contributed by atoms with Crippen LogP contribution in [0.25, 0.3) is 11.0 Å². The van der Waals surface area contributed by atoms with Crippen LogP contribution in [-0.4, -0.2) is 15.9 Å². The molecule has 0 fully saturated rings. The summed E-state index contributed by atoms with van der Waals surface area (Å²) in [4.78, 5) is 4.59. The minimum absolute atomic E-state index is 0.0742. The van der Waals surface area contributed by atoms with Gasteiger partial charge in [-0.15, -0.1) is 13.2 Å². The zero-order chi connectivity index (χ0) is 21.3. The van der Waals surface area contributed by atoms with Crippen LogP contribution in [0.1, 0.15) is 38.2 Å². The Kier molecular flexibility index (Phi) is 6.19. The molecule has 156 valence electrons. The van der Waals surface area contributed by atoms with Crippen molar-refractivity contribution in [3.05, 3.63) is 45.9 Å². The molecule has 0 radical (unpaired) electrons. The fourth-order valence-corrected chi connectivity index (χ4v) is 3.81. The highest BCUT2D eigenvalue weighted by Crippen LogP contribution is 2.37. The summed E-state index contributed by atoms with van der Waals surface area (Å²) in [6.07, 6.45) is -2.82. The van der Waals surface area contributed by atoms with Gasteiger partial charge in [-0.1, -0.05) is 43.1 Å². The molecule has 2 aromatic carbocycles. The number of benzene rings is 2. The normalized spacial score (nSPS) is 12.0. The lowest BCUT2D eigenvalue weighted by molar-refractivity contribution is -0.274. The number of hydrogen-bond acceptors (Lipinski definition) is 3. The monoisotopic (exact) mass is 445 g/mol. The van der Waals surface area contributed by atoms with E-state index in [0.29, 0.717) is 28.1 Å². The van der Waals surface area contributed by atoms with Gasteiger partial charge in [0.05, 0.1) is 21.2 Å². The lowest BCUT2D eigenvalue weighted by atomic mass is 9.93.